The molecule has 0 amide bonds. The largest absolute Gasteiger partial charge is 0.344 e. The second kappa shape index (κ2) is 12.3. The van der Waals surface area contributed by atoms with Gasteiger partial charge in [-0.15, -0.1) is 0 Å². The zero-order chi connectivity index (χ0) is 31.7. The van der Waals surface area contributed by atoms with Crippen molar-refractivity contribution in [3.05, 3.63) is 104 Å². The Balaban J connectivity index is 1.67. The molecule has 2 aliphatic heterocycles. The molecule has 2 aromatic carbocycles. The fourth-order valence-electron chi connectivity index (χ4n) is 6.17. The van der Waals surface area contributed by atoms with Crippen molar-refractivity contribution < 1.29 is 14.4 Å². The number of benzene rings is 2. The average molecular weight is 586 g/mol. The van der Waals surface area contributed by atoms with Crippen LogP contribution in [-0.2, 0) is 10.8 Å². The van der Waals surface area contributed by atoms with Crippen molar-refractivity contribution in [3.63, 3.8) is 0 Å². The molecule has 0 saturated carbocycles. The number of non-ortho nitro benzene ring substituents is 2. The first-order valence-electron chi connectivity index (χ1n) is 15.2. The van der Waals surface area contributed by atoms with E-state index in [1.807, 2.05) is 30.4 Å². The van der Waals surface area contributed by atoms with Crippen LogP contribution in [0.3, 0.4) is 0 Å². The second-order valence-corrected chi connectivity index (χ2v) is 13.5. The highest BCUT2D eigenvalue weighted by molar-refractivity contribution is 6.03. The molecule has 0 saturated heterocycles. The maximum atomic E-state index is 11.5. The van der Waals surface area contributed by atoms with Crippen LogP contribution in [0.1, 0.15) is 79.4 Å². The number of nitrogens with zero attached hydrogens (tertiary/aromatic N) is 4. The Kier molecular flexibility index (Phi) is 9.09. The average Bonchev–Trinajstić information content (AvgIpc) is 3.28. The maximum absolute atomic E-state index is 11.5. The lowest BCUT2D eigenvalue weighted by molar-refractivity contribution is -0.439. The molecule has 8 heteroatoms. The van der Waals surface area contributed by atoms with Crippen LogP contribution in [0.15, 0.2) is 72.5 Å². The Bertz CT molecular complexity index is 1540. The normalized spacial score (nSPS) is 18.1. The third kappa shape index (κ3) is 6.33. The van der Waals surface area contributed by atoms with Gasteiger partial charge in [0, 0.05) is 71.7 Å². The van der Waals surface area contributed by atoms with Crippen molar-refractivity contribution in [2.45, 2.75) is 79.1 Å². The van der Waals surface area contributed by atoms with E-state index in [4.69, 9.17) is 0 Å². The fourth-order valence-corrected chi connectivity index (χ4v) is 6.17. The maximum Gasteiger partial charge on any atom is 0.270 e. The fraction of sp³-hybridized carbons (Fsp3) is 0.457. The van der Waals surface area contributed by atoms with Gasteiger partial charge in [0.1, 0.15) is 6.54 Å². The van der Waals surface area contributed by atoms with E-state index < -0.39 is 10.8 Å². The lowest BCUT2D eigenvalue weighted by Crippen LogP contribution is -2.28. The Morgan fingerprint density at radius 3 is 2.02 bits per heavy atom. The SMILES string of the molecule is CC(C)CCN1/C(=C/C=C/C=C/C2=[N+](CCC(C)C)c3ccc([N+](=O)[O-])cc3C2(C)C)C(C)(C)c2cc([N+](=O)[O-])ccc21. The third-order valence-electron chi connectivity index (χ3n) is 8.76. The van der Waals surface area contributed by atoms with Gasteiger partial charge in [-0.05, 0) is 49.8 Å². The molecule has 0 aliphatic carbocycles. The Morgan fingerprint density at radius 1 is 0.814 bits per heavy atom. The Morgan fingerprint density at radius 2 is 1.42 bits per heavy atom. The molecule has 0 N–H and O–H groups in total. The summed E-state index contributed by atoms with van der Waals surface area (Å²) in [5, 5.41) is 23.1. The molecular weight excluding hydrogens is 540 g/mol. The first-order valence-corrected chi connectivity index (χ1v) is 15.2. The molecule has 0 atom stereocenters. The van der Waals surface area contributed by atoms with Crippen molar-refractivity contribution in [1.29, 1.82) is 0 Å². The number of fused-ring (bicyclic) bond motifs is 2. The summed E-state index contributed by atoms with van der Waals surface area (Å²) in [6.07, 6.45) is 12.3. The minimum atomic E-state index is -0.390. The van der Waals surface area contributed by atoms with Gasteiger partial charge in [0.2, 0.25) is 5.69 Å². The topological polar surface area (TPSA) is 92.5 Å². The van der Waals surface area contributed by atoms with Gasteiger partial charge in [-0.25, -0.2) is 0 Å². The highest BCUT2D eigenvalue weighted by Crippen LogP contribution is 2.49. The molecule has 2 aliphatic rings. The molecule has 8 nitrogen and oxygen atoms in total. The van der Waals surface area contributed by atoms with E-state index in [1.165, 1.54) is 0 Å². The molecule has 0 fully saturated rings. The summed E-state index contributed by atoms with van der Waals surface area (Å²) in [4.78, 5) is 24.7. The van der Waals surface area contributed by atoms with E-state index in [1.54, 1.807) is 24.3 Å². The molecule has 4 rings (SSSR count). The van der Waals surface area contributed by atoms with Crippen molar-refractivity contribution in [3.8, 4) is 0 Å². The monoisotopic (exact) mass is 585 g/mol. The van der Waals surface area contributed by atoms with Gasteiger partial charge in [0.15, 0.2) is 5.71 Å². The molecule has 43 heavy (non-hydrogen) atoms. The molecule has 0 bridgehead atoms. The first-order chi connectivity index (χ1) is 20.2. The van der Waals surface area contributed by atoms with Gasteiger partial charge in [-0.2, -0.15) is 4.58 Å². The quantitative estimate of drug-likeness (QED) is 0.114. The van der Waals surface area contributed by atoms with Crippen LogP contribution in [0, 0.1) is 32.1 Å². The number of allylic oxidation sites excluding steroid dienone is 6. The molecule has 0 spiro atoms. The van der Waals surface area contributed by atoms with Crippen LogP contribution in [0.4, 0.5) is 22.7 Å². The standard InChI is InChI=1S/C35H45N4O4/c1-24(2)18-20-36-30-16-14-26(38(40)41)22-28(30)34(5,6)32(36)12-10-9-11-13-33-35(7,8)29-23-27(39(42)43)15-17-31(29)37(33)21-19-25(3)4/h9-17,22-25H,18-21H2,1-8H3/q+1. The summed E-state index contributed by atoms with van der Waals surface area (Å²) in [7, 11) is 0. The summed E-state index contributed by atoms with van der Waals surface area (Å²) < 4.78 is 2.30. The Labute approximate surface area is 255 Å². The zero-order valence-corrected chi connectivity index (χ0v) is 26.8. The van der Waals surface area contributed by atoms with Crippen LogP contribution in [0.5, 0.6) is 0 Å². The minimum Gasteiger partial charge on any atom is -0.344 e. The summed E-state index contributed by atoms with van der Waals surface area (Å²) in [5.41, 5.74) is 5.66. The highest BCUT2D eigenvalue weighted by Gasteiger charge is 2.45. The lowest BCUT2D eigenvalue weighted by Gasteiger charge is -2.27. The molecule has 228 valence electrons. The summed E-state index contributed by atoms with van der Waals surface area (Å²) in [6, 6.07) is 10.4. The summed E-state index contributed by atoms with van der Waals surface area (Å²) in [6.45, 7) is 19.0. The van der Waals surface area contributed by atoms with E-state index in [-0.39, 0.29) is 21.2 Å². The lowest BCUT2D eigenvalue weighted by atomic mass is 9.81. The van der Waals surface area contributed by atoms with Gasteiger partial charge >= 0.3 is 0 Å². The van der Waals surface area contributed by atoms with E-state index in [0.29, 0.717) is 11.8 Å². The van der Waals surface area contributed by atoms with Gasteiger partial charge in [0.25, 0.3) is 11.4 Å². The number of rotatable bonds is 11. The third-order valence-corrected chi connectivity index (χ3v) is 8.76. The number of anilines is 1. The Hall–Kier alpha value is -4.07. The van der Waals surface area contributed by atoms with Gasteiger partial charge < -0.3 is 4.90 Å². The van der Waals surface area contributed by atoms with Crippen LogP contribution in [-0.4, -0.2) is 33.2 Å². The number of hydrogen-bond donors (Lipinski definition) is 0. The van der Waals surface area contributed by atoms with Crippen LogP contribution in [0.2, 0.25) is 0 Å². The van der Waals surface area contributed by atoms with Crippen molar-refractivity contribution in [2.75, 3.05) is 18.0 Å². The van der Waals surface area contributed by atoms with Crippen molar-refractivity contribution >= 4 is 28.5 Å². The van der Waals surface area contributed by atoms with Gasteiger partial charge in [0.05, 0.1) is 15.3 Å². The molecule has 0 aromatic heterocycles. The summed E-state index contributed by atoms with van der Waals surface area (Å²) in [5.74, 6) is 1.06. The van der Waals surface area contributed by atoms with E-state index in [2.05, 4.69) is 77.0 Å². The van der Waals surface area contributed by atoms with E-state index in [0.717, 1.165) is 59.8 Å². The summed E-state index contributed by atoms with van der Waals surface area (Å²) >= 11 is 0. The van der Waals surface area contributed by atoms with Gasteiger partial charge in [-0.1, -0.05) is 59.8 Å². The first kappa shape index (κ1) is 31.9. The molecular formula is C35H45N4O4+. The molecule has 2 aromatic rings. The second-order valence-electron chi connectivity index (χ2n) is 13.5. The zero-order valence-electron chi connectivity index (χ0n) is 26.8. The van der Waals surface area contributed by atoms with Gasteiger partial charge in [-0.3, -0.25) is 20.2 Å². The molecule has 2 heterocycles. The van der Waals surface area contributed by atoms with E-state index in [9.17, 15) is 20.2 Å². The predicted molar refractivity (Wildman–Crippen MR) is 175 cm³/mol. The van der Waals surface area contributed by atoms with Crippen molar-refractivity contribution in [1.82, 2.24) is 0 Å². The smallest absolute Gasteiger partial charge is 0.270 e. The van der Waals surface area contributed by atoms with Crippen molar-refractivity contribution in [2.24, 2.45) is 11.8 Å². The highest BCUT2D eigenvalue weighted by atomic mass is 16.6. The number of nitro groups is 2. The van der Waals surface area contributed by atoms with Crippen LogP contribution >= 0.6 is 0 Å². The number of hydrogen-bond acceptors (Lipinski definition) is 5. The number of nitro benzene ring substituents is 2. The molecule has 0 radical (unpaired) electrons. The van der Waals surface area contributed by atoms with Crippen LogP contribution in [0.25, 0.3) is 0 Å². The van der Waals surface area contributed by atoms with E-state index >= 15 is 0 Å². The minimum absolute atomic E-state index is 0.111. The predicted octanol–water partition coefficient (Wildman–Crippen LogP) is 8.77. The molecule has 0 unspecified atom stereocenters. The van der Waals surface area contributed by atoms with Crippen LogP contribution < -0.4 is 4.90 Å².